The Hall–Kier alpha value is -1.53. The van der Waals surface area contributed by atoms with Crippen LogP contribution in [-0.4, -0.2) is 24.1 Å². The molecule has 0 amide bonds. The number of benzene rings is 2. The van der Waals surface area contributed by atoms with E-state index < -0.39 is 0 Å². The van der Waals surface area contributed by atoms with Gasteiger partial charge in [0.05, 0.1) is 4.88 Å². The van der Waals surface area contributed by atoms with Crippen molar-refractivity contribution in [3.8, 4) is 27.3 Å². The SMILES string of the molecule is Cc1ccc(-c2c(-c3ccc(O)c(CN(C)C)c3)ssc2=S)cc1. The van der Waals surface area contributed by atoms with E-state index in [0.29, 0.717) is 12.3 Å². The molecule has 2 aromatic carbocycles. The van der Waals surface area contributed by atoms with Gasteiger partial charge in [-0.05, 0) is 50.3 Å². The molecule has 0 aliphatic carbocycles. The van der Waals surface area contributed by atoms with Gasteiger partial charge in [0.15, 0.2) is 0 Å². The van der Waals surface area contributed by atoms with E-state index in [0.717, 1.165) is 26.1 Å². The smallest absolute Gasteiger partial charge is 0.120 e. The van der Waals surface area contributed by atoms with E-state index in [-0.39, 0.29) is 0 Å². The number of hydrogen-bond acceptors (Lipinski definition) is 5. The van der Waals surface area contributed by atoms with Gasteiger partial charge in [0.2, 0.25) is 0 Å². The van der Waals surface area contributed by atoms with Gasteiger partial charge in [0, 0.05) is 17.7 Å². The van der Waals surface area contributed by atoms with Crippen LogP contribution in [-0.2, 0) is 6.54 Å². The summed E-state index contributed by atoms with van der Waals surface area (Å²) in [4.78, 5) is 3.23. The van der Waals surface area contributed by atoms with Crippen LogP contribution in [0.1, 0.15) is 11.1 Å². The van der Waals surface area contributed by atoms with Gasteiger partial charge in [0.1, 0.15) is 9.57 Å². The van der Waals surface area contributed by atoms with Crippen LogP contribution in [0, 0.1) is 10.7 Å². The number of aryl methyl sites for hydroxylation is 1. The molecule has 0 spiro atoms. The number of aromatic hydroxyl groups is 1. The highest BCUT2D eigenvalue weighted by Gasteiger charge is 2.14. The van der Waals surface area contributed by atoms with Crippen LogP contribution in [0.4, 0.5) is 0 Å². The Bertz CT molecular complexity index is 907. The topological polar surface area (TPSA) is 23.5 Å². The predicted octanol–water partition coefficient (Wildman–Crippen LogP) is 5.95. The molecule has 3 aromatic rings. The lowest BCUT2D eigenvalue weighted by Crippen LogP contribution is -2.10. The molecule has 0 fully saturated rings. The quantitative estimate of drug-likeness (QED) is 0.451. The van der Waals surface area contributed by atoms with Crippen molar-refractivity contribution in [3.63, 3.8) is 0 Å². The molecule has 0 unspecified atom stereocenters. The Kier molecular flexibility index (Phi) is 5.15. The van der Waals surface area contributed by atoms with E-state index in [4.69, 9.17) is 12.2 Å². The molecular weight excluding hydrogens is 354 g/mol. The van der Waals surface area contributed by atoms with Crippen LogP contribution >= 0.6 is 32.9 Å². The third kappa shape index (κ3) is 3.59. The molecule has 0 bridgehead atoms. The molecule has 0 aliphatic rings. The Morgan fingerprint density at radius 2 is 1.67 bits per heavy atom. The summed E-state index contributed by atoms with van der Waals surface area (Å²) in [5.41, 5.74) is 5.55. The standard InChI is InChI=1S/C19H19NOS3/c1-12-4-6-13(7-5-12)17-18(23-24-19(17)22)14-8-9-16(21)15(10-14)11-20(2)3/h4-10,21H,11H2,1-3H3. The maximum absolute atomic E-state index is 10.1. The summed E-state index contributed by atoms with van der Waals surface area (Å²) in [6.07, 6.45) is 0. The molecule has 124 valence electrons. The first-order valence-electron chi connectivity index (χ1n) is 7.63. The average molecular weight is 374 g/mol. The molecule has 0 atom stereocenters. The molecule has 0 radical (unpaired) electrons. The molecule has 24 heavy (non-hydrogen) atoms. The summed E-state index contributed by atoms with van der Waals surface area (Å²) in [7, 11) is 7.33. The minimum Gasteiger partial charge on any atom is -0.508 e. The molecule has 1 aromatic heterocycles. The van der Waals surface area contributed by atoms with Gasteiger partial charge in [-0.3, -0.25) is 0 Å². The predicted molar refractivity (Wildman–Crippen MR) is 108 cm³/mol. The van der Waals surface area contributed by atoms with Crippen molar-refractivity contribution in [2.75, 3.05) is 14.1 Å². The lowest BCUT2D eigenvalue weighted by molar-refractivity contribution is 0.386. The van der Waals surface area contributed by atoms with E-state index >= 15 is 0 Å². The molecule has 5 heteroatoms. The summed E-state index contributed by atoms with van der Waals surface area (Å²) in [5, 5.41) is 10.1. The second-order valence-electron chi connectivity index (χ2n) is 6.11. The zero-order valence-electron chi connectivity index (χ0n) is 13.9. The van der Waals surface area contributed by atoms with E-state index in [1.54, 1.807) is 26.7 Å². The normalized spacial score (nSPS) is 11.2. The maximum Gasteiger partial charge on any atom is 0.120 e. The van der Waals surface area contributed by atoms with Gasteiger partial charge >= 0.3 is 0 Å². The van der Waals surface area contributed by atoms with Gasteiger partial charge in [-0.15, -0.1) is 0 Å². The van der Waals surface area contributed by atoms with Crippen molar-refractivity contribution < 1.29 is 5.11 Å². The van der Waals surface area contributed by atoms with Gasteiger partial charge in [-0.2, -0.15) is 0 Å². The second-order valence-corrected chi connectivity index (χ2v) is 8.92. The lowest BCUT2D eigenvalue weighted by atomic mass is 10.0. The summed E-state index contributed by atoms with van der Waals surface area (Å²) in [6.45, 7) is 2.79. The number of rotatable bonds is 4. The van der Waals surface area contributed by atoms with Crippen molar-refractivity contribution in [1.82, 2.24) is 4.90 Å². The van der Waals surface area contributed by atoms with Crippen LogP contribution in [0.2, 0.25) is 0 Å². The molecule has 1 N–H and O–H groups in total. The number of hydrogen-bond donors (Lipinski definition) is 1. The van der Waals surface area contributed by atoms with Crippen LogP contribution < -0.4 is 0 Å². The summed E-state index contributed by atoms with van der Waals surface area (Å²) < 4.78 is 0.918. The third-order valence-corrected chi connectivity index (χ3v) is 6.87. The highest BCUT2D eigenvalue weighted by Crippen LogP contribution is 2.42. The van der Waals surface area contributed by atoms with Crippen molar-refractivity contribution in [3.05, 3.63) is 57.4 Å². The minimum atomic E-state index is 0.336. The van der Waals surface area contributed by atoms with E-state index in [2.05, 4.69) is 42.2 Å². The highest BCUT2D eigenvalue weighted by atomic mass is 32.9. The van der Waals surface area contributed by atoms with Gasteiger partial charge < -0.3 is 10.0 Å². The zero-order chi connectivity index (χ0) is 17.3. The van der Waals surface area contributed by atoms with E-state index in [9.17, 15) is 5.11 Å². The van der Waals surface area contributed by atoms with Crippen LogP contribution in [0.3, 0.4) is 0 Å². The summed E-state index contributed by atoms with van der Waals surface area (Å²) in [5.74, 6) is 0.336. The molecule has 0 saturated carbocycles. The Balaban J connectivity index is 2.11. The second kappa shape index (κ2) is 7.15. The first-order valence-corrected chi connectivity index (χ1v) is 10.2. The lowest BCUT2D eigenvalue weighted by Gasteiger charge is -2.13. The number of nitrogens with zero attached hydrogens (tertiary/aromatic N) is 1. The Morgan fingerprint density at radius 1 is 1.00 bits per heavy atom. The van der Waals surface area contributed by atoms with Crippen molar-refractivity contribution >= 4 is 32.9 Å². The molecule has 0 saturated heterocycles. The Labute approximate surface area is 155 Å². The first kappa shape index (κ1) is 17.3. The summed E-state index contributed by atoms with van der Waals surface area (Å²) in [6, 6.07) is 14.3. The van der Waals surface area contributed by atoms with E-state index in [1.807, 2.05) is 20.2 Å². The molecule has 3 rings (SSSR count). The summed E-state index contributed by atoms with van der Waals surface area (Å²) >= 11 is 5.59. The monoisotopic (exact) mass is 373 g/mol. The van der Waals surface area contributed by atoms with Gasteiger partial charge in [-0.25, -0.2) is 0 Å². The van der Waals surface area contributed by atoms with Gasteiger partial charge in [0.25, 0.3) is 0 Å². The van der Waals surface area contributed by atoms with E-state index in [1.165, 1.54) is 10.4 Å². The maximum atomic E-state index is 10.1. The number of phenols is 1. The number of phenolic OH excluding ortho intramolecular Hbond substituents is 1. The first-order chi connectivity index (χ1) is 11.5. The fourth-order valence-electron chi connectivity index (χ4n) is 2.61. The van der Waals surface area contributed by atoms with Crippen molar-refractivity contribution in [2.24, 2.45) is 0 Å². The third-order valence-electron chi connectivity index (χ3n) is 3.80. The molecular formula is C19H19NOS3. The average Bonchev–Trinajstić information content (AvgIpc) is 2.92. The van der Waals surface area contributed by atoms with Crippen molar-refractivity contribution in [1.29, 1.82) is 0 Å². The molecule has 0 aliphatic heterocycles. The van der Waals surface area contributed by atoms with Crippen LogP contribution in [0.5, 0.6) is 5.75 Å². The zero-order valence-corrected chi connectivity index (χ0v) is 16.3. The fourth-order valence-corrected chi connectivity index (χ4v) is 5.52. The molecule has 1 heterocycles. The van der Waals surface area contributed by atoms with Gasteiger partial charge in [-0.1, -0.05) is 62.7 Å². The fraction of sp³-hybridized carbons (Fsp3) is 0.211. The molecule has 2 nitrogen and oxygen atoms in total. The highest BCUT2D eigenvalue weighted by molar-refractivity contribution is 7.80. The minimum absolute atomic E-state index is 0.336. The van der Waals surface area contributed by atoms with Crippen molar-refractivity contribution in [2.45, 2.75) is 13.5 Å². The largest absolute Gasteiger partial charge is 0.508 e. The van der Waals surface area contributed by atoms with Crippen LogP contribution in [0.25, 0.3) is 21.6 Å². The van der Waals surface area contributed by atoms with Crippen LogP contribution in [0.15, 0.2) is 42.5 Å². The Morgan fingerprint density at radius 3 is 2.33 bits per heavy atom.